The molecule has 2 N–H and O–H groups in total. The fourth-order valence-electron chi connectivity index (χ4n) is 1.77. The fraction of sp³-hybridized carbons (Fsp3) is 0.333. The first-order valence-electron chi connectivity index (χ1n) is 5.45. The molecule has 0 bridgehead atoms. The quantitative estimate of drug-likeness (QED) is 0.881. The molecule has 6 heteroatoms. The molecule has 96 valence electrons. The maximum absolute atomic E-state index is 13.8. The van der Waals surface area contributed by atoms with E-state index in [2.05, 4.69) is 9.97 Å². The van der Waals surface area contributed by atoms with Gasteiger partial charge in [0.1, 0.15) is 5.82 Å². The second-order valence-electron chi connectivity index (χ2n) is 4.15. The smallest absolute Gasteiger partial charge is 0.303 e. The van der Waals surface area contributed by atoms with Gasteiger partial charge >= 0.3 is 5.97 Å². The molecule has 18 heavy (non-hydrogen) atoms. The van der Waals surface area contributed by atoms with Crippen molar-refractivity contribution in [3.8, 4) is 0 Å². The number of carbonyl (C=O) groups is 1. The van der Waals surface area contributed by atoms with Gasteiger partial charge in [-0.1, -0.05) is 6.07 Å². The highest BCUT2D eigenvalue weighted by Crippen LogP contribution is 2.34. The Kier molecular flexibility index (Phi) is 3.02. The zero-order chi connectivity index (χ0) is 13.3. The monoisotopic (exact) mass is 254 g/mol. The molecule has 0 aliphatic carbocycles. The van der Waals surface area contributed by atoms with E-state index in [1.165, 1.54) is 18.2 Å². The summed E-state index contributed by atoms with van der Waals surface area (Å²) in [4.78, 5) is 17.3. The van der Waals surface area contributed by atoms with Crippen molar-refractivity contribution < 1.29 is 18.7 Å². The molecule has 0 saturated carbocycles. The summed E-state index contributed by atoms with van der Waals surface area (Å²) < 4.78 is 27.5. The van der Waals surface area contributed by atoms with Crippen LogP contribution < -0.4 is 0 Å². The Morgan fingerprint density at radius 2 is 2.22 bits per heavy atom. The number of aryl methyl sites for hydroxylation is 1. The minimum atomic E-state index is -3.15. The van der Waals surface area contributed by atoms with Crippen molar-refractivity contribution in [2.45, 2.75) is 25.7 Å². The molecule has 2 rings (SSSR count). The predicted octanol–water partition coefficient (Wildman–Crippen LogP) is 2.83. The van der Waals surface area contributed by atoms with E-state index in [-0.39, 0.29) is 5.56 Å². The van der Waals surface area contributed by atoms with Crippen molar-refractivity contribution in [3.63, 3.8) is 0 Å². The van der Waals surface area contributed by atoms with E-state index in [1.54, 1.807) is 6.92 Å². The third kappa shape index (κ3) is 2.47. The summed E-state index contributed by atoms with van der Waals surface area (Å²) in [5.41, 5.74) is 0.949. The third-order valence-corrected chi connectivity index (χ3v) is 2.68. The summed E-state index contributed by atoms with van der Waals surface area (Å²) in [5.74, 6) is -3.73. The van der Waals surface area contributed by atoms with Crippen LogP contribution in [0.1, 0.15) is 24.2 Å². The summed E-state index contributed by atoms with van der Waals surface area (Å²) >= 11 is 0. The number of hydrogen-bond donors (Lipinski definition) is 2. The maximum atomic E-state index is 13.8. The van der Waals surface area contributed by atoms with Gasteiger partial charge in [-0.15, -0.1) is 0 Å². The SMILES string of the molecule is Cc1nc2ccc(C(F)(F)CCC(=O)O)cc2[nH]1. The first-order chi connectivity index (χ1) is 8.38. The Morgan fingerprint density at radius 3 is 2.89 bits per heavy atom. The van der Waals surface area contributed by atoms with Gasteiger partial charge in [0.15, 0.2) is 0 Å². The fourth-order valence-corrected chi connectivity index (χ4v) is 1.77. The van der Waals surface area contributed by atoms with Crippen LogP contribution in [-0.2, 0) is 10.7 Å². The van der Waals surface area contributed by atoms with E-state index >= 15 is 0 Å². The average Bonchev–Trinajstić information content (AvgIpc) is 2.65. The number of aliphatic carboxylic acids is 1. The van der Waals surface area contributed by atoms with Crippen LogP contribution in [0.4, 0.5) is 8.78 Å². The number of carboxylic acids is 1. The van der Waals surface area contributed by atoms with Gasteiger partial charge in [-0.3, -0.25) is 4.79 Å². The number of benzene rings is 1. The van der Waals surface area contributed by atoms with Gasteiger partial charge in [0.2, 0.25) is 0 Å². The molecule has 0 aliphatic rings. The Balaban J connectivity index is 2.31. The lowest BCUT2D eigenvalue weighted by molar-refractivity contribution is -0.139. The third-order valence-electron chi connectivity index (χ3n) is 2.68. The number of rotatable bonds is 4. The summed E-state index contributed by atoms with van der Waals surface area (Å²) in [7, 11) is 0. The number of nitrogens with zero attached hydrogens (tertiary/aromatic N) is 1. The summed E-state index contributed by atoms with van der Waals surface area (Å²) in [6.45, 7) is 1.74. The number of carboxylic acid groups (broad SMARTS) is 1. The van der Waals surface area contributed by atoms with Gasteiger partial charge in [0, 0.05) is 12.0 Å². The highest BCUT2D eigenvalue weighted by molar-refractivity contribution is 5.76. The summed E-state index contributed by atoms with van der Waals surface area (Å²) in [6, 6.07) is 4.10. The molecule has 1 aromatic carbocycles. The molecule has 0 aliphatic heterocycles. The first-order valence-corrected chi connectivity index (χ1v) is 5.45. The molecule has 2 aromatic rings. The molecule has 0 spiro atoms. The standard InChI is InChI=1S/C12H12F2N2O2/c1-7-15-9-3-2-8(6-10(9)16-7)12(13,14)5-4-11(17)18/h2-3,6H,4-5H2,1H3,(H,15,16)(H,17,18). The molecule has 0 saturated heterocycles. The number of alkyl halides is 2. The van der Waals surface area contributed by atoms with E-state index in [0.29, 0.717) is 16.9 Å². The molecular formula is C12H12F2N2O2. The van der Waals surface area contributed by atoms with Crippen LogP contribution in [0, 0.1) is 6.92 Å². The van der Waals surface area contributed by atoms with Gasteiger partial charge in [-0.2, -0.15) is 0 Å². The van der Waals surface area contributed by atoms with Crippen LogP contribution in [0.3, 0.4) is 0 Å². The molecule has 4 nitrogen and oxygen atoms in total. The number of fused-ring (bicyclic) bond motifs is 1. The Bertz CT molecular complexity index is 593. The maximum Gasteiger partial charge on any atom is 0.303 e. The van der Waals surface area contributed by atoms with Gasteiger partial charge in [-0.25, -0.2) is 13.8 Å². The summed E-state index contributed by atoms with van der Waals surface area (Å²) in [5, 5.41) is 8.45. The lowest BCUT2D eigenvalue weighted by Gasteiger charge is -2.15. The zero-order valence-electron chi connectivity index (χ0n) is 9.70. The van der Waals surface area contributed by atoms with E-state index < -0.39 is 24.7 Å². The van der Waals surface area contributed by atoms with Gasteiger partial charge in [0.05, 0.1) is 17.5 Å². The topological polar surface area (TPSA) is 66.0 Å². The molecule has 0 atom stereocenters. The highest BCUT2D eigenvalue weighted by atomic mass is 19.3. The van der Waals surface area contributed by atoms with Crippen molar-refractivity contribution in [3.05, 3.63) is 29.6 Å². The Morgan fingerprint density at radius 1 is 1.50 bits per heavy atom. The van der Waals surface area contributed by atoms with E-state index in [1.807, 2.05) is 0 Å². The van der Waals surface area contributed by atoms with Crippen LogP contribution in [0.5, 0.6) is 0 Å². The van der Waals surface area contributed by atoms with Crippen LogP contribution in [0.15, 0.2) is 18.2 Å². The lowest BCUT2D eigenvalue weighted by atomic mass is 10.0. The number of nitrogens with one attached hydrogen (secondary N) is 1. The average molecular weight is 254 g/mol. The minimum absolute atomic E-state index is 0.195. The molecule has 0 amide bonds. The van der Waals surface area contributed by atoms with Gasteiger partial charge in [0.25, 0.3) is 5.92 Å². The molecule has 0 fully saturated rings. The van der Waals surface area contributed by atoms with Crippen LogP contribution >= 0.6 is 0 Å². The van der Waals surface area contributed by atoms with Crippen molar-refractivity contribution in [2.75, 3.05) is 0 Å². The second kappa shape index (κ2) is 4.36. The van der Waals surface area contributed by atoms with Crippen molar-refractivity contribution >= 4 is 17.0 Å². The minimum Gasteiger partial charge on any atom is -0.481 e. The van der Waals surface area contributed by atoms with Crippen LogP contribution in [0.25, 0.3) is 11.0 Å². The molecular weight excluding hydrogens is 242 g/mol. The normalized spacial score (nSPS) is 11.9. The van der Waals surface area contributed by atoms with E-state index in [4.69, 9.17) is 5.11 Å². The largest absolute Gasteiger partial charge is 0.481 e. The Labute approximate surface area is 102 Å². The van der Waals surface area contributed by atoms with Crippen molar-refractivity contribution in [1.82, 2.24) is 9.97 Å². The van der Waals surface area contributed by atoms with E-state index in [0.717, 1.165) is 0 Å². The van der Waals surface area contributed by atoms with Crippen LogP contribution in [0.2, 0.25) is 0 Å². The molecule has 1 aromatic heterocycles. The van der Waals surface area contributed by atoms with Gasteiger partial charge in [-0.05, 0) is 19.1 Å². The second-order valence-corrected chi connectivity index (χ2v) is 4.15. The molecule has 0 unspecified atom stereocenters. The number of imidazole rings is 1. The zero-order valence-corrected chi connectivity index (χ0v) is 9.70. The van der Waals surface area contributed by atoms with Gasteiger partial charge < -0.3 is 10.1 Å². The lowest BCUT2D eigenvalue weighted by Crippen LogP contribution is -2.15. The highest BCUT2D eigenvalue weighted by Gasteiger charge is 2.32. The van der Waals surface area contributed by atoms with Crippen molar-refractivity contribution in [2.24, 2.45) is 0 Å². The number of aromatic nitrogens is 2. The number of hydrogen-bond acceptors (Lipinski definition) is 2. The van der Waals surface area contributed by atoms with Crippen molar-refractivity contribution in [1.29, 1.82) is 0 Å². The van der Waals surface area contributed by atoms with E-state index in [9.17, 15) is 13.6 Å². The number of H-pyrrole nitrogens is 1. The number of halogens is 2. The molecule has 1 heterocycles. The Hall–Kier alpha value is -1.98. The first kappa shape index (κ1) is 12.5. The van der Waals surface area contributed by atoms with Crippen LogP contribution in [-0.4, -0.2) is 21.0 Å². The number of aromatic amines is 1. The predicted molar refractivity (Wildman–Crippen MR) is 61.6 cm³/mol. The molecule has 0 radical (unpaired) electrons. The summed E-state index contributed by atoms with van der Waals surface area (Å²) in [6.07, 6.45) is -1.27.